The van der Waals surface area contributed by atoms with Gasteiger partial charge in [-0.25, -0.2) is 19.4 Å². The first-order valence-corrected chi connectivity index (χ1v) is 9.70. The van der Waals surface area contributed by atoms with Crippen molar-refractivity contribution < 1.29 is 14.7 Å². The van der Waals surface area contributed by atoms with Crippen LogP contribution in [0.15, 0.2) is 0 Å². The number of amides is 3. The summed E-state index contributed by atoms with van der Waals surface area (Å²) in [7, 11) is -1.43. The molecular formula is C11H19N3O3Si. The highest BCUT2D eigenvalue weighted by atomic mass is 28.3. The Morgan fingerprint density at radius 3 is 2.28 bits per heavy atom. The highest BCUT2D eigenvalue weighted by molar-refractivity contribution is 6.76. The average Bonchev–Trinajstić information content (AvgIpc) is 3.00. The van der Waals surface area contributed by atoms with Crippen LogP contribution in [0.2, 0.25) is 25.7 Å². The summed E-state index contributed by atoms with van der Waals surface area (Å²) >= 11 is 0. The van der Waals surface area contributed by atoms with Crippen LogP contribution in [0, 0.1) is 11.5 Å². The van der Waals surface area contributed by atoms with E-state index in [-0.39, 0.29) is 12.6 Å². The fourth-order valence-corrected chi connectivity index (χ4v) is 2.36. The molecule has 7 heteroatoms. The van der Waals surface area contributed by atoms with Crippen LogP contribution in [0.25, 0.3) is 0 Å². The number of carboxylic acid groups (broad SMARTS) is 1. The molecule has 0 aliphatic heterocycles. The Hall–Kier alpha value is -1.55. The van der Waals surface area contributed by atoms with Gasteiger partial charge in [-0.15, -0.1) is 0 Å². The van der Waals surface area contributed by atoms with E-state index in [1.165, 1.54) is 0 Å². The summed E-state index contributed by atoms with van der Waals surface area (Å²) < 4.78 is 0. The molecule has 0 saturated heterocycles. The van der Waals surface area contributed by atoms with Crippen molar-refractivity contribution in [1.82, 2.24) is 9.80 Å². The van der Waals surface area contributed by atoms with Crippen molar-refractivity contribution in [3.8, 4) is 6.19 Å². The lowest BCUT2D eigenvalue weighted by atomic mass is 10.5. The van der Waals surface area contributed by atoms with Crippen molar-refractivity contribution in [2.24, 2.45) is 0 Å². The zero-order valence-corrected chi connectivity index (χ0v) is 12.0. The molecule has 0 bridgehead atoms. The van der Waals surface area contributed by atoms with Crippen LogP contribution in [0.3, 0.4) is 0 Å². The lowest BCUT2D eigenvalue weighted by Gasteiger charge is -2.25. The molecule has 0 radical (unpaired) electrons. The maximum Gasteiger partial charge on any atom is 0.415 e. The quantitative estimate of drug-likeness (QED) is 0.482. The largest absolute Gasteiger partial charge is 0.465 e. The van der Waals surface area contributed by atoms with E-state index < -0.39 is 20.2 Å². The molecule has 1 fully saturated rings. The Bertz CT molecular complexity index is 382. The minimum Gasteiger partial charge on any atom is -0.465 e. The second kappa shape index (κ2) is 5.39. The monoisotopic (exact) mass is 269 g/mol. The molecule has 0 spiro atoms. The number of carbonyl (C=O) groups is 2. The molecule has 0 aromatic rings. The molecule has 18 heavy (non-hydrogen) atoms. The topological polar surface area (TPSA) is 84.6 Å². The van der Waals surface area contributed by atoms with Gasteiger partial charge in [-0.2, -0.15) is 5.26 Å². The number of rotatable bonds is 4. The number of hydrogen-bond acceptors (Lipinski definition) is 3. The molecule has 0 aromatic heterocycles. The van der Waals surface area contributed by atoms with Gasteiger partial charge in [-0.3, -0.25) is 0 Å². The number of urea groups is 1. The van der Waals surface area contributed by atoms with Crippen molar-refractivity contribution in [2.45, 2.75) is 44.6 Å². The van der Waals surface area contributed by atoms with Crippen LogP contribution in [-0.4, -0.2) is 47.7 Å². The van der Waals surface area contributed by atoms with Gasteiger partial charge in [0, 0.05) is 20.7 Å². The predicted octanol–water partition coefficient (Wildman–Crippen LogP) is 2.37. The Balaban J connectivity index is 2.69. The van der Waals surface area contributed by atoms with Crippen LogP contribution >= 0.6 is 0 Å². The van der Waals surface area contributed by atoms with Gasteiger partial charge in [0.05, 0.1) is 0 Å². The third kappa shape index (κ3) is 4.03. The molecule has 1 N–H and O–H groups in total. The summed E-state index contributed by atoms with van der Waals surface area (Å²) in [5.74, 6) is 0. The second-order valence-corrected chi connectivity index (χ2v) is 11.3. The Labute approximate surface area is 108 Å². The van der Waals surface area contributed by atoms with E-state index in [9.17, 15) is 9.59 Å². The molecule has 1 rings (SSSR count). The zero-order valence-electron chi connectivity index (χ0n) is 11.0. The van der Waals surface area contributed by atoms with Gasteiger partial charge in [0.2, 0.25) is 0 Å². The molecule has 6 nitrogen and oxygen atoms in total. The van der Waals surface area contributed by atoms with Gasteiger partial charge < -0.3 is 5.11 Å². The SMILES string of the molecule is C[Si](C)(C)CCN(C(=O)O)C(=O)N(C#N)C1CC1. The Kier molecular flexibility index (Phi) is 4.35. The van der Waals surface area contributed by atoms with Crippen molar-refractivity contribution in [2.75, 3.05) is 6.54 Å². The lowest BCUT2D eigenvalue weighted by molar-refractivity contribution is 0.138. The standard InChI is InChI=1S/C11H19N3O3Si/c1-18(2,3)7-6-13(11(16)17)10(15)14(8-12)9-4-5-9/h9H,4-7H2,1-3H3,(H,16,17). The number of nitrogens with zero attached hydrogens (tertiary/aromatic N) is 3. The van der Waals surface area contributed by atoms with Crippen LogP contribution in [0.4, 0.5) is 9.59 Å². The highest BCUT2D eigenvalue weighted by Gasteiger charge is 2.37. The van der Waals surface area contributed by atoms with E-state index in [1.807, 2.05) is 0 Å². The molecule has 0 heterocycles. The van der Waals surface area contributed by atoms with E-state index in [0.29, 0.717) is 6.04 Å². The Morgan fingerprint density at radius 2 is 1.94 bits per heavy atom. The first-order valence-electron chi connectivity index (χ1n) is 5.99. The Morgan fingerprint density at radius 1 is 1.39 bits per heavy atom. The molecule has 0 aromatic carbocycles. The highest BCUT2D eigenvalue weighted by Crippen LogP contribution is 2.27. The summed E-state index contributed by atoms with van der Waals surface area (Å²) in [5.41, 5.74) is 0. The van der Waals surface area contributed by atoms with Crippen molar-refractivity contribution in [3.63, 3.8) is 0 Å². The molecule has 0 unspecified atom stereocenters. The zero-order chi connectivity index (χ0) is 13.9. The summed E-state index contributed by atoms with van der Waals surface area (Å²) in [6.07, 6.45) is 2.06. The van der Waals surface area contributed by atoms with Gasteiger partial charge in [0.1, 0.15) is 0 Å². The molecule has 0 atom stereocenters. The minimum atomic E-state index is -1.43. The van der Waals surface area contributed by atoms with Gasteiger partial charge in [-0.1, -0.05) is 19.6 Å². The minimum absolute atomic E-state index is 0.101. The van der Waals surface area contributed by atoms with Crippen LogP contribution in [0.5, 0.6) is 0 Å². The molecule has 1 aliphatic rings. The molecular weight excluding hydrogens is 250 g/mol. The van der Waals surface area contributed by atoms with E-state index in [0.717, 1.165) is 22.6 Å². The van der Waals surface area contributed by atoms with E-state index >= 15 is 0 Å². The third-order valence-electron chi connectivity index (χ3n) is 2.77. The summed E-state index contributed by atoms with van der Waals surface area (Å²) in [4.78, 5) is 24.8. The molecule has 1 aliphatic carbocycles. The summed E-state index contributed by atoms with van der Waals surface area (Å²) in [6, 6.07) is -0.100. The summed E-state index contributed by atoms with van der Waals surface area (Å²) in [5, 5.41) is 18.0. The number of hydrogen-bond donors (Lipinski definition) is 1. The fourth-order valence-electron chi connectivity index (χ4n) is 1.46. The van der Waals surface area contributed by atoms with Gasteiger partial charge in [0.25, 0.3) is 0 Å². The number of imide groups is 1. The van der Waals surface area contributed by atoms with Crippen LogP contribution in [0.1, 0.15) is 12.8 Å². The van der Waals surface area contributed by atoms with Crippen molar-refractivity contribution in [1.29, 1.82) is 5.26 Å². The first kappa shape index (κ1) is 14.5. The van der Waals surface area contributed by atoms with Crippen LogP contribution < -0.4 is 0 Å². The van der Waals surface area contributed by atoms with Crippen molar-refractivity contribution >= 4 is 20.2 Å². The molecule has 3 amide bonds. The van der Waals surface area contributed by atoms with E-state index in [4.69, 9.17) is 10.4 Å². The second-order valence-electron chi connectivity index (χ2n) is 5.73. The first-order chi connectivity index (χ1) is 8.26. The summed E-state index contributed by atoms with van der Waals surface area (Å²) in [6.45, 7) is 6.51. The predicted molar refractivity (Wildman–Crippen MR) is 68.8 cm³/mol. The van der Waals surface area contributed by atoms with Crippen molar-refractivity contribution in [3.05, 3.63) is 0 Å². The lowest BCUT2D eigenvalue weighted by Crippen LogP contribution is -2.46. The van der Waals surface area contributed by atoms with Gasteiger partial charge in [-0.05, 0) is 18.9 Å². The fraction of sp³-hybridized carbons (Fsp3) is 0.727. The van der Waals surface area contributed by atoms with E-state index in [2.05, 4.69) is 19.6 Å². The third-order valence-corrected chi connectivity index (χ3v) is 4.50. The number of nitriles is 1. The smallest absolute Gasteiger partial charge is 0.415 e. The van der Waals surface area contributed by atoms with Gasteiger partial charge in [0.15, 0.2) is 6.19 Å². The number of carbonyl (C=O) groups excluding carboxylic acids is 1. The van der Waals surface area contributed by atoms with E-state index in [1.54, 1.807) is 6.19 Å². The average molecular weight is 269 g/mol. The van der Waals surface area contributed by atoms with Crippen LogP contribution in [-0.2, 0) is 0 Å². The normalized spacial score (nSPS) is 14.8. The maximum atomic E-state index is 12.0. The maximum absolute atomic E-state index is 12.0. The molecule has 100 valence electrons. The molecule has 1 saturated carbocycles. The van der Waals surface area contributed by atoms with Gasteiger partial charge >= 0.3 is 12.1 Å².